The lowest BCUT2D eigenvalue weighted by molar-refractivity contribution is 0.0483. The minimum absolute atomic E-state index is 0.262. The van der Waals surface area contributed by atoms with E-state index in [-0.39, 0.29) is 5.56 Å². The van der Waals surface area contributed by atoms with Crippen LogP contribution in [-0.2, 0) is 4.74 Å². The highest BCUT2D eigenvalue weighted by atomic mass is 127. The molecular formula is C12H14FIN2O3. The molecule has 0 bridgehead atoms. The van der Waals surface area contributed by atoms with Crippen LogP contribution in [0.25, 0.3) is 0 Å². The standard InChI is InChI=1S/C12H14FIN2O3/c1-12(2,3)19-11(18)16-15-10(17)8-5-4-7(13)6-9(8)14/h4-6H,1-3H3,(H,15,17)(H,16,18). The molecule has 0 aliphatic rings. The van der Waals surface area contributed by atoms with Crippen molar-refractivity contribution in [3.63, 3.8) is 0 Å². The monoisotopic (exact) mass is 380 g/mol. The maximum atomic E-state index is 12.9. The molecule has 0 heterocycles. The largest absolute Gasteiger partial charge is 0.443 e. The van der Waals surface area contributed by atoms with Gasteiger partial charge in [-0.15, -0.1) is 0 Å². The fourth-order valence-corrected chi connectivity index (χ4v) is 1.87. The fourth-order valence-electron chi connectivity index (χ4n) is 1.15. The van der Waals surface area contributed by atoms with E-state index in [1.54, 1.807) is 20.8 Å². The smallest absolute Gasteiger partial charge is 0.426 e. The molecule has 1 aromatic rings. The summed E-state index contributed by atoms with van der Waals surface area (Å²) in [5, 5.41) is 0. The highest BCUT2D eigenvalue weighted by molar-refractivity contribution is 14.1. The van der Waals surface area contributed by atoms with Crippen LogP contribution in [0.1, 0.15) is 31.1 Å². The van der Waals surface area contributed by atoms with Gasteiger partial charge in [-0.3, -0.25) is 10.2 Å². The van der Waals surface area contributed by atoms with Crippen LogP contribution in [0.15, 0.2) is 18.2 Å². The van der Waals surface area contributed by atoms with E-state index in [0.29, 0.717) is 3.57 Å². The fraction of sp³-hybridized carbons (Fsp3) is 0.333. The molecule has 1 aromatic carbocycles. The molecule has 5 nitrogen and oxygen atoms in total. The molecule has 0 fully saturated rings. The molecule has 0 aliphatic heterocycles. The van der Waals surface area contributed by atoms with Gasteiger partial charge < -0.3 is 4.74 Å². The summed E-state index contributed by atoms with van der Waals surface area (Å²) in [5.41, 5.74) is 3.92. The molecule has 2 amide bonds. The second-order valence-electron chi connectivity index (χ2n) is 4.71. The lowest BCUT2D eigenvalue weighted by Crippen LogP contribution is -2.44. The summed E-state index contributed by atoms with van der Waals surface area (Å²) in [6.45, 7) is 5.12. The van der Waals surface area contributed by atoms with Crippen LogP contribution in [0.2, 0.25) is 0 Å². The van der Waals surface area contributed by atoms with E-state index in [1.165, 1.54) is 18.2 Å². The van der Waals surface area contributed by atoms with Gasteiger partial charge in [0.05, 0.1) is 5.56 Å². The predicted molar refractivity (Wildman–Crippen MR) is 76.0 cm³/mol. The van der Waals surface area contributed by atoms with Crippen LogP contribution in [0.3, 0.4) is 0 Å². The van der Waals surface area contributed by atoms with Crippen LogP contribution < -0.4 is 10.9 Å². The first-order chi connectivity index (χ1) is 8.69. The van der Waals surface area contributed by atoms with Gasteiger partial charge in [0, 0.05) is 3.57 Å². The third-order valence-electron chi connectivity index (χ3n) is 1.85. The van der Waals surface area contributed by atoms with Crippen molar-refractivity contribution in [2.75, 3.05) is 0 Å². The Labute approximate surface area is 124 Å². The lowest BCUT2D eigenvalue weighted by Gasteiger charge is -2.19. The Hall–Kier alpha value is -1.38. The Bertz CT molecular complexity index is 500. The lowest BCUT2D eigenvalue weighted by atomic mass is 10.2. The number of nitrogens with one attached hydrogen (secondary N) is 2. The Morgan fingerprint density at radius 3 is 2.42 bits per heavy atom. The van der Waals surface area contributed by atoms with Crippen LogP contribution in [0.4, 0.5) is 9.18 Å². The molecule has 0 spiro atoms. The van der Waals surface area contributed by atoms with Crippen molar-refractivity contribution in [3.05, 3.63) is 33.1 Å². The Morgan fingerprint density at radius 1 is 1.26 bits per heavy atom. The first kappa shape index (κ1) is 15.7. The second-order valence-corrected chi connectivity index (χ2v) is 5.87. The van der Waals surface area contributed by atoms with Crippen molar-refractivity contribution >= 4 is 34.6 Å². The second kappa shape index (κ2) is 6.18. The predicted octanol–water partition coefficient (Wildman–Crippen LogP) is 2.60. The van der Waals surface area contributed by atoms with Crippen molar-refractivity contribution in [1.29, 1.82) is 0 Å². The SMILES string of the molecule is CC(C)(C)OC(=O)NNC(=O)c1ccc(F)cc1I. The molecule has 0 aromatic heterocycles. The van der Waals surface area contributed by atoms with E-state index in [9.17, 15) is 14.0 Å². The summed E-state index contributed by atoms with van der Waals surface area (Å²) in [4.78, 5) is 23.1. The molecule has 0 saturated heterocycles. The molecule has 0 unspecified atom stereocenters. The molecule has 2 N–H and O–H groups in total. The van der Waals surface area contributed by atoms with Gasteiger partial charge in [-0.25, -0.2) is 14.6 Å². The normalized spacial score (nSPS) is 10.8. The quantitative estimate of drug-likeness (QED) is 0.582. The average Bonchev–Trinajstić information content (AvgIpc) is 2.23. The number of hydrogen-bond donors (Lipinski definition) is 2. The average molecular weight is 380 g/mol. The summed E-state index contributed by atoms with van der Waals surface area (Å²) in [6, 6.07) is 3.73. The van der Waals surface area contributed by atoms with Gasteiger partial charge in [0.2, 0.25) is 0 Å². The number of carbonyl (C=O) groups is 2. The Kier molecular flexibility index (Phi) is 5.10. The van der Waals surface area contributed by atoms with Gasteiger partial charge in [-0.1, -0.05) is 0 Å². The minimum atomic E-state index is -0.766. The maximum Gasteiger partial charge on any atom is 0.426 e. The third kappa shape index (κ3) is 5.41. The number of carbonyl (C=O) groups excluding carboxylic acids is 2. The van der Waals surface area contributed by atoms with E-state index < -0.39 is 23.4 Å². The van der Waals surface area contributed by atoms with Crippen molar-refractivity contribution in [2.24, 2.45) is 0 Å². The van der Waals surface area contributed by atoms with Gasteiger partial charge in [0.15, 0.2) is 0 Å². The Balaban J connectivity index is 2.59. The number of hydrogen-bond acceptors (Lipinski definition) is 3. The molecule has 7 heteroatoms. The van der Waals surface area contributed by atoms with E-state index in [1.807, 2.05) is 22.6 Å². The number of amides is 2. The molecule has 0 aliphatic carbocycles. The van der Waals surface area contributed by atoms with Gasteiger partial charge in [0.25, 0.3) is 5.91 Å². The molecule has 0 saturated carbocycles. The zero-order valence-corrected chi connectivity index (χ0v) is 12.9. The van der Waals surface area contributed by atoms with Crippen LogP contribution in [-0.4, -0.2) is 17.6 Å². The summed E-state index contributed by atoms with van der Waals surface area (Å²) >= 11 is 1.84. The van der Waals surface area contributed by atoms with E-state index in [0.717, 1.165) is 0 Å². The van der Waals surface area contributed by atoms with Crippen molar-refractivity contribution in [1.82, 2.24) is 10.9 Å². The van der Waals surface area contributed by atoms with Gasteiger partial charge in [-0.05, 0) is 61.6 Å². The summed E-state index contributed by atoms with van der Waals surface area (Å²) in [6.07, 6.45) is -0.766. The zero-order chi connectivity index (χ0) is 14.6. The summed E-state index contributed by atoms with van der Waals surface area (Å²) in [5.74, 6) is -0.976. The first-order valence-corrected chi connectivity index (χ1v) is 6.51. The summed E-state index contributed by atoms with van der Waals surface area (Å²) in [7, 11) is 0. The third-order valence-corrected chi connectivity index (χ3v) is 2.75. The first-order valence-electron chi connectivity index (χ1n) is 5.43. The molecule has 0 radical (unpaired) electrons. The highest BCUT2D eigenvalue weighted by Gasteiger charge is 2.17. The van der Waals surface area contributed by atoms with Gasteiger partial charge in [-0.2, -0.15) is 0 Å². The Morgan fingerprint density at radius 2 is 1.89 bits per heavy atom. The van der Waals surface area contributed by atoms with Crippen molar-refractivity contribution in [3.8, 4) is 0 Å². The van der Waals surface area contributed by atoms with Crippen LogP contribution in [0, 0.1) is 9.39 Å². The minimum Gasteiger partial charge on any atom is -0.443 e. The van der Waals surface area contributed by atoms with E-state index in [4.69, 9.17) is 4.74 Å². The zero-order valence-electron chi connectivity index (χ0n) is 10.7. The molecular weight excluding hydrogens is 366 g/mol. The molecule has 19 heavy (non-hydrogen) atoms. The van der Waals surface area contributed by atoms with Gasteiger partial charge in [0.1, 0.15) is 11.4 Å². The van der Waals surface area contributed by atoms with Crippen molar-refractivity contribution in [2.45, 2.75) is 26.4 Å². The number of halogens is 2. The highest BCUT2D eigenvalue weighted by Crippen LogP contribution is 2.13. The van der Waals surface area contributed by atoms with Gasteiger partial charge >= 0.3 is 6.09 Å². The van der Waals surface area contributed by atoms with Crippen molar-refractivity contribution < 1.29 is 18.7 Å². The van der Waals surface area contributed by atoms with E-state index >= 15 is 0 Å². The number of rotatable bonds is 1. The molecule has 0 atom stereocenters. The van der Waals surface area contributed by atoms with Crippen LogP contribution in [0.5, 0.6) is 0 Å². The van der Waals surface area contributed by atoms with E-state index in [2.05, 4.69) is 10.9 Å². The molecule has 1 rings (SSSR count). The maximum absolute atomic E-state index is 12.9. The summed E-state index contributed by atoms with van der Waals surface area (Å²) < 4.78 is 18.3. The number of benzene rings is 1. The number of ether oxygens (including phenoxy) is 1. The number of hydrazine groups is 1. The molecule has 104 valence electrons. The van der Waals surface area contributed by atoms with Crippen LogP contribution >= 0.6 is 22.6 Å². The topological polar surface area (TPSA) is 67.4 Å².